The number of rotatable bonds is 8. The highest BCUT2D eigenvalue weighted by atomic mass is 16.4. The van der Waals surface area contributed by atoms with Crippen LogP contribution in [0.3, 0.4) is 0 Å². The van der Waals surface area contributed by atoms with E-state index >= 15 is 0 Å². The molecule has 2 aromatic rings. The largest absolute Gasteiger partial charge is 0.480 e. The molecule has 1 aromatic carbocycles. The number of benzene rings is 1. The summed E-state index contributed by atoms with van der Waals surface area (Å²) in [5, 5.41) is 15.6. The van der Waals surface area contributed by atoms with Crippen LogP contribution in [0.4, 0.5) is 0 Å². The molecule has 0 saturated heterocycles. The number of aliphatic carboxylic acids is 1. The van der Waals surface area contributed by atoms with E-state index in [1.165, 1.54) is 0 Å². The molecule has 24 heavy (non-hydrogen) atoms. The summed E-state index contributed by atoms with van der Waals surface area (Å²) < 4.78 is 0. The fourth-order valence-corrected chi connectivity index (χ4v) is 2.63. The van der Waals surface area contributed by atoms with Crippen LogP contribution in [-0.2, 0) is 16.0 Å². The Morgan fingerprint density at radius 1 is 1.29 bits per heavy atom. The number of carboxylic acid groups (broad SMARTS) is 1. The lowest BCUT2D eigenvalue weighted by Crippen LogP contribution is -2.46. The number of aromatic nitrogens is 1. The van der Waals surface area contributed by atoms with Crippen LogP contribution >= 0.6 is 0 Å². The number of hydrogen-bond donors (Lipinski definition) is 3. The molecule has 1 aromatic heterocycles. The van der Waals surface area contributed by atoms with E-state index in [0.717, 1.165) is 16.5 Å². The summed E-state index contributed by atoms with van der Waals surface area (Å²) >= 11 is 0. The number of carboxylic acids is 1. The number of nitrogens with zero attached hydrogens (tertiary/aromatic N) is 1. The third kappa shape index (κ3) is 4.18. The molecule has 3 N–H and O–H groups in total. The standard InChI is InChI=1S/C17H21N3O4/c1-10(2)7-14(20-24)16(21)19-15(17(22)23)8-11-9-18-13-6-4-3-5-12(11)13/h3-6,9-10,14-15,18H,7-8H2,1-2H3,(H,19,21)(H,22,23)/t14-,15-/m0/s1. The SMILES string of the molecule is CC(C)C[C@H](N=O)C(=O)N[C@@H](Cc1c[nH]c2ccccc12)C(=O)O. The highest BCUT2D eigenvalue weighted by Gasteiger charge is 2.27. The number of carbonyl (C=O) groups excluding carboxylic acids is 1. The summed E-state index contributed by atoms with van der Waals surface area (Å²) in [5.41, 5.74) is 1.69. The van der Waals surface area contributed by atoms with Gasteiger partial charge in [0.2, 0.25) is 5.91 Å². The molecule has 128 valence electrons. The van der Waals surface area contributed by atoms with Crippen LogP contribution in [0, 0.1) is 10.8 Å². The van der Waals surface area contributed by atoms with Crippen LogP contribution in [0.1, 0.15) is 25.8 Å². The maximum Gasteiger partial charge on any atom is 0.326 e. The molecule has 0 bridgehead atoms. The first-order valence-electron chi connectivity index (χ1n) is 7.83. The number of nitrogens with one attached hydrogen (secondary N) is 2. The number of carbonyl (C=O) groups is 2. The Kier molecular flexibility index (Phi) is 5.68. The topological polar surface area (TPSA) is 112 Å². The predicted molar refractivity (Wildman–Crippen MR) is 90.6 cm³/mol. The van der Waals surface area contributed by atoms with Crippen LogP contribution in [0.25, 0.3) is 10.9 Å². The van der Waals surface area contributed by atoms with Crippen molar-refractivity contribution in [2.75, 3.05) is 0 Å². The number of aromatic amines is 1. The highest BCUT2D eigenvalue weighted by Crippen LogP contribution is 2.19. The summed E-state index contributed by atoms with van der Waals surface area (Å²) in [6.45, 7) is 3.73. The molecule has 7 nitrogen and oxygen atoms in total. The summed E-state index contributed by atoms with van der Waals surface area (Å²) in [7, 11) is 0. The van der Waals surface area contributed by atoms with Crippen LogP contribution in [0.5, 0.6) is 0 Å². The second kappa shape index (κ2) is 7.72. The second-order valence-electron chi connectivity index (χ2n) is 6.21. The molecular formula is C17H21N3O4. The van der Waals surface area contributed by atoms with Gasteiger partial charge in [-0.25, -0.2) is 4.79 Å². The Labute approximate surface area is 139 Å². The van der Waals surface area contributed by atoms with Gasteiger partial charge in [0.05, 0.1) is 0 Å². The number of hydrogen-bond acceptors (Lipinski definition) is 4. The van der Waals surface area contributed by atoms with Gasteiger partial charge in [0, 0.05) is 23.5 Å². The van der Waals surface area contributed by atoms with Crippen molar-refractivity contribution in [2.45, 2.75) is 38.8 Å². The minimum atomic E-state index is -1.15. The molecule has 1 amide bonds. The minimum Gasteiger partial charge on any atom is -0.480 e. The van der Waals surface area contributed by atoms with E-state index in [0.29, 0.717) is 0 Å². The molecule has 1 heterocycles. The summed E-state index contributed by atoms with van der Waals surface area (Å²) in [6, 6.07) is 5.33. The predicted octanol–water partition coefficient (Wildman–Crippen LogP) is 2.46. The number of amides is 1. The van der Waals surface area contributed by atoms with Gasteiger partial charge in [0.25, 0.3) is 0 Å². The first kappa shape index (κ1) is 17.7. The average Bonchev–Trinajstić information content (AvgIpc) is 2.94. The molecule has 0 aliphatic rings. The maximum absolute atomic E-state index is 12.1. The van der Waals surface area contributed by atoms with Gasteiger partial charge < -0.3 is 15.4 Å². The van der Waals surface area contributed by atoms with Crippen molar-refractivity contribution < 1.29 is 14.7 Å². The third-order valence-electron chi connectivity index (χ3n) is 3.84. The van der Waals surface area contributed by atoms with Crippen molar-refractivity contribution in [3.05, 3.63) is 40.9 Å². The van der Waals surface area contributed by atoms with E-state index in [1.54, 1.807) is 6.20 Å². The quantitative estimate of drug-likeness (QED) is 0.645. The number of nitroso groups, excluding NO2 is 1. The lowest BCUT2D eigenvalue weighted by Gasteiger charge is -2.17. The van der Waals surface area contributed by atoms with Crippen molar-refractivity contribution >= 4 is 22.8 Å². The van der Waals surface area contributed by atoms with Crippen LogP contribution < -0.4 is 5.32 Å². The molecule has 7 heteroatoms. The summed E-state index contributed by atoms with van der Waals surface area (Å²) in [5.74, 6) is -1.69. The minimum absolute atomic E-state index is 0.107. The Bertz CT molecular complexity index is 738. The van der Waals surface area contributed by atoms with Gasteiger partial charge in [-0.3, -0.25) is 4.79 Å². The molecule has 0 spiro atoms. The van der Waals surface area contributed by atoms with Gasteiger partial charge in [0.15, 0.2) is 6.04 Å². The molecule has 0 aliphatic heterocycles. The molecular weight excluding hydrogens is 310 g/mol. The van der Waals surface area contributed by atoms with Gasteiger partial charge in [-0.2, -0.15) is 0 Å². The Hall–Kier alpha value is -2.70. The Morgan fingerprint density at radius 3 is 2.62 bits per heavy atom. The van der Waals surface area contributed by atoms with E-state index in [2.05, 4.69) is 15.5 Å². The van der Waals surface area contributed by atoms with E-state index < -0.39 is 24.0 Å². The summed E-state index contributed by atoms with van der Waals surface area (Å²) in [6.07, 6.45) is 2.14. The maximum atomic E-state index is 12.1. The van der Waals surface area contributed by atoms with Crippen molar-refractivity contribution in [3.63, 3.8) is 0 Å². The molecule has 0 saturated carbocycles. The number of fused-ring (bicyclic) bond motifs is 1. The Balaban J connectivity index is 2.13. The lowest BCUT2D eigenvalue weighted by atomic mass is 10.0. The fraction of sp³-hybridized carbons (Fsp3) is 0.412. The molecule has 2 atom stereocenters. The van der Waals surface area contributed by atoms with Gasteiger partial charge in [-0.1, -0.05) is 37.2 Å². The van der Waals surface area contributed by atoms with Gasteiger partial charge in [-0.05, 0) is 24.0 Å². The van der Waals surface area contributed by atoms with Crippen molar-refractivity contribution in [1.82, 2.24) is 10.3 Å². The molecule has 2 rings (SSSR count). The monoisotopic (exact) mass is 331 g/mol. The van der Waals surface area contributed by atoms with E-state index in [-0.39, 0.29) is 18.8 Å². The second-order valence-corrected chi connectivity index (χ2v) is 6.21. The van der Waals surface area contributed by atoms with Crippen LogP contribution in [0.2, 0.25) is 0 Å². The third-order valence-corrected chi connectivity index (χ3v) is 3.84. The molecule has 0 unspecified atom stereocenters. The first-order valence-corrected chi connectivity index (χ1v) is 7.83. The first-order chi connectivity index (χ1) is 11.4. The Morgan fingerprint density at radius 2 is 2.00 bits per heavy atom. The zero-order chi connectivity index (χ0) is 17.7. The summed E-state index contributed by atoms with van der Waals surface area (Å²) in [4.78, 5) is 37.6. The van der Waals surface area contributed by atoms with Gasteiger partial charge in [-0.15, -0.1) is 4.91 Å². The van der Waals surface area contributed by atoms with Crippen LogP contribution in [-0.4, -0.2) is 34.1 Å². The molecule has 0 fully saturated rings. The smallest absolute Gasteiger partial charge is 0.326 e. The highest BCUT2D eigenvalue weighted by molar-refractivity contribution is 5.88. The van der Waals surface area contributed by atoms with E-state index in [4.69, 9.17) is 0 Å². The van der Waals surface area contributed by atoms with Gasteiger partial charge in [0.1, 0.15) is 6.04 Å². The molecule has 0 radical (unpaired) electrons. The lowest BCUT2D eigenvalue weighted by molar-refractivity contribution is -0.142. The van der Waals surface area contributed by atoms with Crippen molar-refractivity contribution in [2.24, 2.45) is 11.1 Å². The molecule has 0 aliphatic carbocycles. The van der Waals surface area contributed by atoms with Crippen LogP contribution in [0.15, 0.2) is 35.6 Å². The van der Waals surface area contributed by atoms with Crippen molar-refractivity contribution in [1.29, 1.82) is 0 Å². The normalized spacial score (nSPS) is 13.6. The van der Waals surface area contributed by atoms with E-state index in [1.807, 2.05) is 38.1 Å². The average molecular weight is 331 g/mol. The van der Waals surface area contributed by atoms with Crippen molar-refractivity contribution in [3.8, 4) is 0 Å². The number of para-hydroxylation sites is 1. The zero-order valence-corrected chi connectivity index (χ0v) is 13.7. The van der Waals surface area contributed by atoms with Gasteiger partial charge >= 0.3 is 5.97 Å². The number of H-pyrrole nitrogens is 1. The van der Waals surface area contributed by atoms with E-state index in [9.17, 15) is 19.6 Å². The zero-order valence-electron chi connectivity index (χ0n) is 13.7. The fourth-order valence-electron chi connectivity index (χ4n) is 2.63.